The maximum absolute atomic E-state index is 13.2. The van der Waals surface area contributed by atoms with E-state index in [9.17, 15) is 22.7 Å². The van der Waals surface area contributed by atoms with Gasteiger partial charge in [-0.25, -0.2) is 22.8 Å². The molecular formula is C20H30FN5O5S. The molecule has 1 aliphatic heterocycles. The van der Waals surface area contributed by atoms with E-state index >= 15 is 0 Å². The summed E-state index contributed by atoms with van der Waals surface area (Å²) in [6.07, 6.45) is 4.27. The van der Waals surface area contributed by atoms with E-state index in [1.165, 1.54) is 11.5 Å². The molecule has 10 nitrogen and oxygen atoms in total. The number of hydrogen-bond donors (Lipinski definition) is 2. The molecule has 32 heavy (non-hydrogen) atoms. The van der Waals surface area contributed by atoms with Crippen molar-refractivity contribution in [1.29, 1.82) is 0 Å². The number of sulfonamides is 1. The van der Waals surface area contributed by atoms with Crippen molar-refractivity contribution < 1.29 is 22.7 Å². The van der Waals surface area contributed by atoms with E-state index in [1.807, 2.05) is 6.92 Å². The van der Waals surface area contributed by atoms with Crippen molar-refractivity contribution in [2.75, 3.05) is 23.7 Å². The molecule has 0 bridgehead atoms. The number of aliphatic imine (C=N–C) groups is 2. The Balaban J connectivity index is 2.33. The summed E-state index contributed by atoms with van der Waals surface area (Å²) in [7, 11) is -4.08. The maximum Gasteiger partial charge on any atom is 0.282 e. The quantitative estimate of drug-likeness (QED) is 0.398. The van der Waals surface area contributed by atoms with E-state index in [0.717, 1.165) is 25.5 Å². The number of hydrogen-bond acceptors (Lipinski definition) is 7. The molecule has 0 spiro atoms. The summed E-state index contributed by atoms with van der Waals surface area (Å²) in [6.45, 7) is 7.37. The Morgan fingerprint density at radius 1 is 1.50 bits per heavy atom. The van der Waals surface area contributed by atoms with E-state index in [2.05, 4.69) is 26.4 Å². The molecule has 1 aromatic rings. The van der Waals surface area contributed by atoms with Crippen molar-refractivity contribution in [1.82, 2.24) is 9.55 Å². The minimum Gasteiger partial charge on any atom is -0.492 e. The number of ether oxygens (including phenoxy) is 1. The van der Waals surface area contributed by atoms with E-state index in [1.54, 1.807) is 0 Å². The van der Waals surface area contributed by atoms with Gasteiger partial charge in [0.15, 0.2) is 5.69 Å². The number of nitrogens with one attached hydrogen (secondary N) is 1. The van der Waals surface area contributed by atoms with Gasteiger partial charge in [-0.1, -0.05) is 13.3 Å². The molecule has 1 saturated heterocycles. The SMILES string of the molecule is C=NC(CCS(=O)(=O)Nc1c(O)nc(CCCC)n([C@H]2CCCOC2)c1=O)=N/C=C(\C)F. The minimum atomic E-state index is -4.08. The average Bonchev–Trinajstić information content (AvgIpc) is 2.75. The number of allylic oxidation sites excluding steroid dienone is 1. The Bertz CT molecular complexity index is 1030. The number of aromatic hydroxyl groups is 1. The fraction of sp³-hybridized carbons (Fsp3) is 0.600. The maximum atomic E-state index is 13.2. The van der Waals surface area contributed by atoms with Gasteiger partial charge in [0.2, 0.25) is 15.9 Å². The van der Waals surface area contributed by atoms with Gasteiger partial charge in [0.25, 0.3) is 5.56 Å². The summed E-state index contributed by atoms with van der Waals surface area (Å²) in [5.41, 5.74) is -1.19. The zero-order valence-electron chi connectivity index (χ0n) is 18.4. The first kappa shape index (κ1) is 25.7. The highest BCUT2D eigenvalue weighted by atomic mass is 32.2. The summed E-state index contributed by atoms with van der Waals surface area (Å²) in [5, 5.41) is 10.3. The smallest absolute Gasteiger partial charge is 0.282 e. The molecular weight excluding hydrogens is 441 g/mol. The standard InChI is InChI=1S/C20H30FN5O5S/c1-4-5-8-17-24-19(27)18(20(28)26(17)15-7-6-10-31-13-15)25-32(29,30)11-9-16(22-3)23-12-14(2)21/h12,15,25,27H,3-11,13H2,1-2H3/b14-12+,23-16?/t15-/m0/s1. The second-order valence-corrected chi connectivity index (χ2v) is 9.31. The van der Waals surface area contributed by atoms with Crippen LogP contribution in [0, 0.1) is 0 Å². The number of halogens is 1. The van der Waals surface area contributed by atoms with Crippen molar-refractivity contribution in [3.8, 4) is 5.88 Å². The second-order valence-electron chi connectivity index (χ2n) is 7.47. The summed E-state index contributed by atoms with van der Waals surface area (Å²) in [4.78, 5) is 24.6. The lowest BCUT2D eigenvalue weighted by Crippen LogP contribution is -2.36. The van der Waals surface area contributed by atoms with Crippen molar-refractivity contribution in [2.45, 2.75) is 58.4 Å². The molecule has 1 fully saturated rings. The van der Waals surface area contributed by atoms with Gasteiger partial charge in [-0.15, -0.1) is 0 Å². The number of aromatic nitrogens is 2. The number of anilines is 1. The average molecular weight is 472 g/mol. The molecule has 0 unspecified atom stereocenters. The molecule has 0 radical (unpaired) electrons. The predicted octanol–water partition coefficient (Wildman–Crippen LogP) is 2.70. The minimum absolute atomic E-state index is 0.0152. The number of unbranched alkanes of at least 4 members (excludes halogenated alkanes) is 1. The van der Waals surface area contributed by atoms with Crippen LogP contribution in [0.5, 0.6) is 5.88 Å². The lowest BCUT2D eigenvalue weighted by Gasteiger charge is -2.27. The highest BCUT2D eigenvalue weighted by Gasteiger charge is 2.26. The van der Waals surface area contributed by atoms with E-state index in [0.29, 0.717) is 31.9 Å². The summed E-state index contributed by atoms with van der Waals surface area (Å²) < 4.78 is 47.0. The summed E-state index contributed by atoms with van der Waals surface area (Å²) in [6, 6.07) is -0.293. The molecule has 2 heterocycles. The largest absolute Gasteiger partial charge is 0.492 e. The molecule has 2 rings (SSSR count). The lowest BCUT2D eigenvalue weighted by molar-refractivity contribution is 0.0564. The molecule has 1 aromatic heterocycles. The molecule has 2 N–H and O–H groups in total. The van der Waals surface area contributed by atoms with E-state index < -0.39 is 38.7 Å². The number of amidine groups is 1. The zero-order chi connectivity index (χ0) is 23.7. The number of aryl methyl sites for hydroxylation is 1. The molecule has 0 aliphatic carbocycles. The normalized spacial score (nSPS) is 17.9. The predicted molar refractivity (Wildman–Crippen MR) is 122 cm³/mol. The molecule has 0 saturated carbocycles. The monoisotopic (exact) mass is 471 g/mol. The lowest BCUT2D eigenvalue weighted by atomic mass is 10.1. The van der Waals surface area contributed by atoms with Crippen LogP contribution in [0.4, 0.5) is 10.1 Å². The van der Waals surface area contributed by atoms with E-state index in [4.69, 9.17) is 4.74 Å². The van der Waals surface area contributed by atoms with Crippen LogP contribution in [0.2, 0.25) is 0 Å². The fourth-order valence-corrected chi connectivity index (χ4v) is 4.29. The van der Waals surface area contributed by atoms with Crippen LogP contribution in [0.15, 0.2) is 26.8 Å². The van der Waals surface area contributed by atoms with Crippen molar-refractivity contribution >= 4 is 28.3 Å². The van der Waals surface area contributed by atoms with Crippen molar-refractivity contribution in [3.05, 3.63) is 28.2 Å². The molecule has 0 aromatic carbocycles. The van der Waals surface area contributed by atoms with Crippen LogP contribution in [0.3, 0.4) is 0 Å². The first-order chi connectivity index (χ1) is 15.2. The first-order valence-electron chi connectivity index (χ1n) is 10.5. The van der Waals surface area contributed by atoms with Crippen LogP contribution in [-0.2, 0) is 21.2 Å². The van der Waals surface area contributed by atoms with Gasteiger partial charge >= 0.3 is 0 Å². The second kappa shape index (κ2) is 11.9. The molecule has 0 amide bonds. The summed E-state index contributed by atoms with van der Waals surface area (Å²) >= 11 is 0. The van der Waals surface area contributed by atoms with Crippen LogP contribution < -0.4 is 10.3 Å². The Hall–Kier alpha value is -2.60. The molecule has 12 heteroatoms. The van der Waals surface area contributed by atoms with Gasteiger partial charge < -0.3 is 9.84 Å². The van der Waals surface area contributed by atoms with Gasteiger partial charge in [-0.05, 0) is 32.9 Å². The van der Waals surface area contributed by atoms with E-state index in [-0.39, 0.29) is 18.3 Å². The Morgan fingerprint density at radius 2 is 2.25 bits per heavy atom. The van der Waals surface area contributed by atoms with Crippen LogP contribution in [-0.4, -0.2) is 54.6 Å². The third kappa shape index (κ3) is 7.23. The molecule has 1 aliphatic rings. The Labute approximate surface area is 187 Å². The third-order valence-electron chi connectivity index (χ3n) is 4.85. The van der Waals surface area contributed by atoms with Gasteiger partial charge in [-0.2, -0.15) is 4.98 Å². The van der Waals surface area contributed by atoms with Crippen molar-refractivity contribution in [3.63, 3.8) is 0 Å². The van der Waals surface area contributed by atoms with Crippen LogP contribution in [0.1, 0.15) is 57.8 Å². The Kier molecular flexibility index (Phi) is 9.51. The van der Waals surface area contributed by atoms with Gasteiger partial charge in [0, 0.05) is 19.4 Å². The highest BCUT2D eigenvalue weighted by molar-refractivity contribution is 7.92. The van der Waals surface area contributed by atoms with Crippen molar-refractivity contribution in [2.24, 2.45) is 9.98 Å². The fourth-order valence-electron chi connectivity index (χ4n) is 3.25. The topological polar surface area (TPSA) is 135 Å². The molecule has 1 atom stereocenters. The summed E-state index contributed by atoms with van der Waals surface area (Å²) in [5.74, 6) is -1.34. The first-order valence-corrected chi connectivity index (χ1v) is 12.1. The van der Waals surface area contributed by atoms with Crippen LogP contribution in [0.25, 0.3) is 0 Å². The molecule has 178 valence electrons. The number of nitrogens with zero attached hydrogens (tertiary/aromatic N) is 4. The zero-order valence-corrected chi connectivity index (χ0v) is 19.2. The third-order valence-corrected chi connectivity index (χ3v) is 6.11. The van der Waals surface area contributed by atoms with Gasteiger partial charge in [0.05, 0.1) is 24.6 Å². The Morgan fingerprint density at radius 3 is 2.84 bits per heavy atom. The van der Waals surface area contributed by atoms with Gasteiger partial charge in [-0.3, -0.25) is 14.1 Å². The van der Waals surface area contributed by atoms with Crippen LogP contribution >= 0.6 is 0 Å². The number of rotatable bonds is 10. The highest BCUT2D eigenvalue weighted by Crippen LogP contribution is 2.25. The van der Waals surface area contributed by atoms with Gasteiger partial charge in [0.1, 0.15) is 17.5 Å².